The van der Waals surface area contributed by atoms with E-state index in [-0.39, 0.29) is 5.78 Å². The summed E-state index contributed by atoms with van der Waals surface area (Å²) in [4.78, 5) is 24.8. The first kappa shape index (κ1) is 29.8. The molecule has 3 heterocycles. The molecule has 1 saturated heterocycles. The van der Waals surface area contributed by atoms with Gasteiger partial charge in [-0.15, -0.1) is 5.73 Å². The van der Waals surface area contributed by atoms with Crippen LogP contribution in [0.25, 0.3) is 11.3 Å². The highest BCUT2D eigenvalue weighted by Crippen LogP contribution is 2.26. The number of aromatic nitrogens is 1. The topological polar surface area (TPSA) is 45.6 Å². The molecule has 4 nitrogen and oxygen atoms in total. The number of nitrogens with zero attached hydrogens (tertiary/aromatic N) is 3. The molecule has 0 unspecified atom stereocenters. The smallest absolute Gasteiger partial charge is 0.183 e. The molecule has 1 aromatic rings. The molecule has 0 N–H and O–H groups in total. The maximum Gasteiger partial charge on any atom is 0.183 e. The highest BCUT2D eigenvalue weighted by Gasteiger charge is 2.17. The Hall–Kier alpha value is -3.75. The standard InChI is InChI=1S/C35H43N3O/c1-8-26(5)27(6)21-29(9-2)30-17-18-36-33(23-30)34-24-35(39)28(7)22-31(37-34)15-16-32(10-3)38-19-11-13-25(4)14-12-20-38/h8,10,15-18,23-24H,4,7,9,11-14,19-20,22H2,1-3,5-6H3/b16-15-,26-8-,32-10+. The molecular weight excluding hydrogens is 478 g/mol. The number of pyridine rings is 1. The van der Waals surface area contributed by atoms with Crippen molar-refractivity contribution in [3.63, 3.8) is 0 Å². The monoisotopic (exact) mass is 521 g/mol. The number of ketones is 1. The number of rotatable bonds is 7. The largest absolute Gasteiger partial charge is 0.372 e. The van der Waals surface area contributed by atoms with Crippen LogP contribution in [0.1, 0.15) is 84.4 Å². The first-order valence-corrected chi connectivity index (χ1v) is 14.1. The van der Waals surface area contributed by atoms with Crippen molar-refractivity contribution in [2.45, 2.75) is 73.1 Å². The Morgan fingerprint density at radius 1 is 1.13 bits per heavy atom. The third-order valence-electron chi connectivity index (χ3n) is 7.39. The van der Waals surface area contributed by atoms with Gasteiger partial charge in [0.25, 0.3) is 0 Å². The SMILES string of the molecule is C=C1CCCN(C(/C=C\C2=NC(c3cc(C(=C=C(C)/C(C)=C\C)CC)ccn3)=CC(=O)C(=C)C2)=C/C)CCC1. The lowest BCUT2D eigenvalue weighted by Crippen LogP contribution is -2.26. The summed E-state index contributed by atoms with van der Waals surface area (Å²) in [6, 6.07) is 4.00. The van der Waals surface area contributed by atoms with Gasteiger partial charge in [0.1, 0.15) is 0 Å². The van der Waals surface area contributed by atoms with Gasteiger partial charge in [-0.3, -0.25) is 14.8 Å². The fraction of sp³-hybridized carbons (Fsp3) is 0.371. The summed E-state index contributed by atoms with van der Waals surface area (Å²) in [5.41, 5.74) is 13.1. The van der Waals surface area contributed by atoms with E-state index in [4.69, 9.17) is 4.99 Å². The van der Waals surface area contributed by atoms with Crippen LogP contribution in [-0.2, 0) is 4.79 Å². The minimum absolute atomic E-state index is 0.106. The van der Waals surface area contributed by atoms with Gasteiger partial charge in [-0.05, 0) is 106 Å². The molecule has 0 saturated carbocycles. The van der Waals surface area contributed by atoms with E-state index in [2.05, 4.69) is 74.7 Å². The molecule has 0 radical (unpaired) electrons. The molecule has 39 heavy (non-hydrogen) atoms. The molecule has 0 amide bonds. The van der Waals surface area contributed by atoms with Crippen molar-refractivity contribution in [3.8, 4) is 0 Å². The van der Waals surface area contributed by atoms with E-state index in [1.807, 2.05) is 25.1 Å². The molecule has 2 aliphatic heterocycles. The maximum atomic E-state index is 12.9. The fourth-order valence-corrected chi connectivity index (χ4v) is 4.75. The van der Waals surface area contributed by atoms with Crippen LogP contribution in [0.5, 0.6) is 0 Å². The number of allylic oxidation sites excluding steroid dienone is 9. The number of hydrogen-bond donors (Lipinski definition) is 0. The fourth-order valence-electron chi connectivity index (χ4n) is 4.75. The van der Waals surface area contributed by atoms with Gasteiger partial charge in [0.05, 0.1) is 11.4 Å². The zero-order chi connectivity index (χ0) is 28.4. The van der Waals surface area contributed by atoms with Crippen molar-refractivity contribution in [2.24, 2.45) is 4.99 Å². The van der Waals surface area contributed by atoms with E-state index in [1.54, 1.807) is 12.3 Å². The Morgan fingerprint density at radius 3 is 2.49 bits per heavy atom. The van der Waals surface area contributed by atoms with Crippen LogP contribution in [0.3, 0.4) is 0 Å². The van der Waals surface area contributed by atoms with Gasteiger partial charge in [-0.25, -0.2) is 0 Å². The van der Waals surface area contributed by atoms with Gasteiger partial charge >= 0.3 is 0 Å². The van der Waals surface area contributed by atoms with Crippen molar-refractivity contribution in [2.75, 3.05) is 13.1 Å². The minimum atomic E-state index is -0.106. The zero-order valence-corrected chi connectivity index (χ0v) is 24.4. The molecule has 2 aliphatic rings. The molecule has 3 rings (SSSR count). The summed E-state index contributed by atoms with van der Waals surface area (Å²) >= 11 is 0. The van der Waals surface area contributed by atoms with Gasteiger partial charge in [-0.1, -0.05) is 37.8 Å². The quantitative estimate of drug-likeness (QED) is 0.156. The molecule has 0 bridgehead atoms. The molecule has 1 aromatic heterocycles. The second-order valence-corrected chi connectivity index (χ2v) is 10.3. The second kappa shape index (κ2) is 14.4. The van der Waals surface area contributed by atoms with Crippen LogP contribution < -0.4 is 0 Å². The van der Waals surface area contributed by atoms with Gasteiger partial charge in [-0.2, -0.15) is 0 Å². The average molecular weight is 522 g/mol. The molecule has 204 valence electrons. The van der Waals surface area contributed by atoms with Crippen LogP contribution in [0, 0.1) is 0 Å². The van der Waals surface area contributed by atoms with Crippen LogP contribution in [0.2, 0.25) is 0 Å². The van der Waals surface area contributed by atoms with Crippen molar-refractivity contribution in [3.05, 3.63) is 107 Å². The highest BCUT2D eigenvalue weighted by atomic mass is 16.1. The molecular formula is C35H43N3O. The zero-order valence-electron chi connectivity index (χ0n) is 24.4. The lowest BCUT2D eigenvalue weighted by Gasteiger charge is -2.28. The average Bonchev–Trinajstić information content (AvgIpc) is 3.07. The van der Waals surface area contributed by atoms with Gasteiger partial charge < -0.3 is 4.90 Å². The number of aliphatic imine (C=N–C) groups is 1. The Morgan fingerprint density at radius 2 is 1.85 bits per heavy atom. The van der Waals surface area contributed by atoms with E-state index in [1.165, 1.54) is 16.8 Å². The molecule has 0 aliphatic carbocycles. The van der Waals surface area contributed by atoms with Crippen molar-refractivity contribution in [1.29, 1.82) is 0 Å². The summed E-state index contributed by atoms with van der Waals surface area (Å²) in [5, 5.41) is 0. The molecule has 1 fully saturated rings. The Kier molecular flexibility index (Phi) is 11.0. The van der Waals surface area contributed by atoms with Crippen molar-refractivity contribution >= 4 is 22.8 Å². The predicted molar refractivity (Wildman–Crippen MR) is 166 cm³/mol. The third kappa shape index (κ3) is 8.37. The van der Waals surface area contributed by atoms with Crippen LogP contribution in [0.15, 0.2) is 101 Å². The Labute approximate surface area is 235 Å². The third-order valence-corrected chi connectivity index (χ3v) is 7.39. The summed E-state index contributed by atoms with van der Waals surface area (Å²) in [7, 11) is 0. The summed E-state index contributed by atoms with van der Waals surface area (Å²) in [6.45, 7) is 20.6. The highest BCUT2D eigenvalue weighted by molar-refractivity contribution is 6.15. The predicted octanol–water partition coefficient (Wildman–Crippen LogP) is 8.59. The first-order valence-electron chi connectivity index (χ1n) is 14.1. The molecule has 0 atom stereocenters. The van der Waals surface area contributed by atoms with Crippen molar-refractivity contribution in [1.82, 2.24) is 9.88 Å². The summed E-state index contributed by atoms with van der Waals surface area (Å²) < 4.78 is 0. The van der Waals surface area contributed by atoms with E-state index in [0.717, 1.165) is 67.6 Å². The van der Waals surface area contributed by atoms with Crippen molar-refractivity contribution < 1.29 is 4.79 Å². The number of likely N-dealkylation sites (tertiary alicyclic amines) is 1. The van der Waals surface area contributed by atoms with E-state index >= 15 is 0 Å². The summed E-state index contributed by atoms with van der Waals surface area (Å²) in [6.07, 6.45) is 17.4. The Bertz CT molecular complexity index is 1330. The van der Waals surface area contributed by atoms with Crippen LogP contribution in [0.4, 0.5) is 0 Å². The number of carbonyl (C=O) groups is 1. The molecule has 4 heteroatoms. The lowest BCUT2D eigenvalue weighted by atomic mass is 10.0. The van der Waals surface area contributed by atoms with E-state index < -0.39 is 0 Å². The first-order chi connectivity index (χ1) is 18.7. The van der Waals surface area contributed by atoms with Gasteiger partial charge in [0, 0.05) is 48.8 Å². The van der Waals surface area contributed by atoms with Gasteiger partial charge in [0.15, 0.2) is 5.78 Å². The number of carbonyl (C=O) groups excluding carboxylic acids is 1. The Balaban J connectivity index is 1.94. The van der Waals surface area contributed by atoms with Crippen LogP contribution >= 0.6 is 0 Å². The minimum Gasteiger partial charge on any atom is -0.372 e. The van der Waals surface area contributed by atoms with Crippen LogP contribution in [-0.4, -0.2) is 34.5 Å². The molecule has 0 spiro atoms. The van der Waals surface area contributed by atoms with E-state index in [9.17, 15) is 4.79 Å². The number of hydrogen-bond acceptors (Lipinski definition) is 4. The summed E-state index contributed by atoms with van der Waals surface area (Å²) in [5.74, 6) is -0.106. The van der Waals surface area contributed by atoms with Gasteiger partial charge in [0.2, 0.25) is 0 Å². The maximum absolute atomic E-state index is 12.9. The normalized spacial score (nSPS) is 17.8. The lowest BCUT2D eigenvalue weighted by molar-refractivity contribution is -0.111. The molecule has 0 aromatic carbocycles. The van der Waals surface area contributed by atoms with E-state index in [0.29, 0.717) is 23.4 Å². The second-order valence-electron chi connectivity index (χ2n) is 10.3.